The minimum atomic E-state index is 0.281. The molecule has 2 nitrogen and oxygen atoms in total. The molecule has 0 fully saturated rings. The second kappa shape index (κ2) is 6.66. The van der Waals surface area contributed by atoms with Crippen LogP contribution in [0, 0.1) is 13.8 Å². The van der Waals surface area contributed by atoms with Crippen LogP contribution >= 0.6 is 0 Å². The molecule has 0 saturated carbocycles. The minimum absolute atomic E-state index is 0.281. The van der Waals surface area contributed by atoms with Gasteiger partial charge in [-0.2, -0.15) is 0 Å². The summed E-state index contributed by atoms with van der Waals surface area (Å²) in [6.45, 7) is 9.79. The highest BCUT2D eigenvalue weighted by molar-refractivity contribution is 5.33. The Balaban J connectivity index is 2.69. The first-order valence-corrected chi connectivity index (χ1v) is 6.07. The van der Waals surface area contributed by atoms with Crippen LogP contribution in [0.2, 0.25) is 0 Å². The molecule has 0 atom stereocenters. The second-order valence-corrected chi connectivity index (χ2v) is 4.32. The Labute approximate surface area is 98.9 Å². The van der Waals surface area contributed by atoms with Gasteiger partial charge in [-0.05, 0) is 43.5 Å². The largest absolute Gasteiger partial charge is 0.396 e. The third kappa shape index (κ3) is 3.62. The van der Waals surface area contributed by atoms with Gasteiger partial charge in [0.1, 0.15) is 0 Å². The maximum Gasteiger partial charge on any atom is 0.0443 e. The van der Waals surface area contributed by atoms with E-state index in [2.05, 4.69) is 43.9 Å². The molecular weight excluding hydrogens is 198 g/mol. The van der Waals surface area contributed by atoms with Crippen molar-refractivity contribution in [2.75, 3.05) is 19.7 Å². The van der Waals surface area contributed by atoms with Crippen molar-refractivity contribution in [2.24, 2.45) is 0 Å². The number of nitrogens with zero attached hydrogens (tertiary/aromatic N) is 1. The molecule has 0 aliphatic heterocycles. The summed E-state index contributed by atoms with van der Waals surface area (Å²) in [5, 5.41) is 8.86. The maximum atomic E-state index is 8.86. The van der Waals surface area contributed by atoms with E-state index in [9.17, 15) is 0 Å². The summed E-state index contributed by atoms with van der Waals surface area (Å²) in [5.74, 6) is 0. The van der Waals surface area contributed by atoms with Crippen LogP contribution in [0.25, 0.3) is 0 Å². The van der Waals surface area contributed by atoms with Crippen LogP contribution in [0.4, 0.5) is 0 Å². The van der Waals surface area contributed by atoms with Crippen molar-refractivity contribution in [3.8, 4) is 0 Å². The van der Waals surface area contributed by atoms with Gasteiger partial charge in [-0.25, -0.2) is 0 Å². The fourth-order valence-electron chi connectivity index (χ4n) is 1.97. The lowest BCUT2D eigenvalue weighted by molar-refractivity contribution is 0.225. The molecule has 0 spiro atoms. The van der Waals surface area contributed by atoms with E-state index in [1.165, 1.54) is 16.7 Å². The van der Waals surface area contributed by atoms with Gasteiger partial charge >= 0.3 is 0 Å². The Bertz CT molecular complexity index is 302. The number of hydrogen-bond acceptors (Lipinski definition) is 2. The predicted molar refractivity (Wildman–Crippen MR) is 68.6 cm³/mol. The van der Waals surface area contributed by atoms with Crippen molar-refractivity contribution in [1.29, 1.82) is 0 Å². The normalized spacial score (nSPS) is 11.1. The molecule has 2 heteroatoms. The zero-order valence-electron chi connectivity index (χ0n) is 10.7. The van der Waals surface area contributed by atoms with Crippen LogP contribution in [0.15, 0.2) is 18.2 Å². The van der Waals surface area contributed by atoms with Crippen LogP contribution in [-0.2, 0) is 6.54 Å². The molecule has 1 N–H and O–H groups in total. The van der Waals surface area contributed by atoms with Crippen molar-refractivity contribution in [3.63, 3.8) is 0 Å². The summed E-state index contributed by atoms with van der Waals surface area (Å²) < 4.78 is 0. The monoisotopic (exact) mass is 221 g/mol. The van der Waals surface area contributed by atoms with Crippen molar-refractivity contribution in [3.05, 3.63) is 34.9 Å². The quantitative estimate of drug-likeness (QED) is 0.798. The third-order valence-corrected chi connectivity index (χ3v) is 3.11. The van der Waals surface area contributed by atoms with Gasteiger partial charge in [-0.15, -0.1) is 0 Å². The molecule has 1 aromatic rings. The Morgan fingerprint density at radius 1 is 1.19 bits per heavy atom. The van der Waals surface area contributed by atoms with Gasteiger partial charge in [-0.3, -0.25) is 4.90 Å². The van der Waals surface area contributed by atoms with E-state index in [1.54, 1.807) is 0 Å². The van der Waals surface area contributed by atoms with Gasteiger partial charge in [0.2, 0.25) is 0 Å². The Morgan fingerprint density at radius 2 is 1.81 bits per heavy atom. The standard InChI is InChI=1S/C14H23NO/c1-4-15(9-6-10-16)11-14-12(2)7-5-8-13(14)3/h5,7-8,16H,4,6,9-11H2,1-3H3. The van der Waals surface area contributed by atoms with Gasteiger partial charge in [0.05, 0.1) is 0 Å². The van der Waals surface area contributed by atoms with E-state index in [1.807, 2.05) is 0 Å². The van der Waals surface area contributed by atoms with Gasteiger partial charge in [-0.1, -0.05) is 25.1 Å². The molecular formula is C14H23NO. The molecule has 16 heavy (non-hydrogen) atoms. The van der Waals surface area contributed by atoms with Crippen molar-refractivity contribution in [2.45, 2.75) is 33.7 Å². The summed E-state index contributed by atoms with van der Waals surface area (Å²) in [4.78, 5) is 2.38. The zero-order valence-corrected chi connectivity index (χ0v) is 10.7. The second-order valence-electron chi connectivity index (χ2n) is 4.32. The minimum Gasteiger partial charge on any atom is -0.396 e. The fraction of sp³-hybridized carbons (Fsp3) is 0.571. The molecule has 0 heterocycles. The van der Waals surface area contributed by atoms with Crippen LogP contribution in [0.3, 0.4) is 0 Å². The van der Waals surface area contributed by atoms with E-state index in [4.69, 9.17) is 5.11 Å². The first kappa shape index (κ1) is 13.2. The molecule has 90 valence electrons. The van der Waals surface area contributed by atoms with Crippen molar-refractivity contribution < 1.29 is 5.11 Å². The molecule has 1 rings (SSSR count). The predicted octanol–water partition coefficient (Wildman–Crippen LogP) is 2.51. The van der Waals surface area contributed by atoms with Crippen LogP contribution < -0.4 is 0 Å². The summed E-state index contributed by atoms with van der Waals surface area (Å²) in [5.41, 5.74) is 4.16. The molecule has 0 aliphatic carbocycles. The number of aryl methyl sites for hydroxylation is 2. The van der Waals surface area contributed by atoms with Crippen molar-refractivity contribution in [1.82, 2.24) is 4.90 Å². The zero-order chi connectivity index (χ0) is 12.0. The SMILES string of the molecule is CCN(CCCO)Cc1c(C)cccc1C. The summed E-state index contributed by atoms with van der Waals surface area (Å²) in [6.07, 6.45) is 0.860. The Hall–Kier alpha value is -0.860. The van der Waals surface area contributed by atoms with E-state index in [-0.39, 0.29) is 6.61 Å². The maximum absolute atomic E-state index is 8.86. The smallest absolute Gasteiger partial charge is 0.0443 e. The average molecular weight is 221 g/mol. The molecule has 0 aromatic heterocycles. The molecule has 0 radical (unpaired) electrons. The topological polar surface area (TPSA) is 23.5 Å². The lowest BCUT2D eigenvalue weighted by Gasteiger charge is -2.22. The van der Waals surface area contributed by atoms with Gasteiger partial charge < -0.3 is 5.11 Å². The molecule has 1 aromatic carbocycles. The number of rotatable bonds is 6. The van der Waals surface area contributed by atoms with Gasteiger partial charge in [0, 0.05) is 19.7 Å². The third-order valence-electron chi connectivity index (χ3n) is 3.11. The first-order valence-electron chi connectivity index (χ1n) is 6.07. The highest BCUT2D eigenvalue weighted by Crippen LogP contribution is 2.15. The Kier molecular flexibility index (Phi) is 5.50. The van der Waals surface area contributed by atoms with E-state index in [0.29, 0.717) is 0 Å². The van der Waals surface area contributed by atoms with Gasteiger partial charge in [0.25, 0.3) is 0 Å². The van der Waals surface area contributed by atoms with Crippen molar-refractivity contribution >= 4 is 0 Å². The molecule has 0 amide bonds. The number of aliphatic hydroxyl groups is 1. The number of benzene rings is 1. The van der Waals surface area contributed by atoms with Crippen LogP contribution in [0.1, 0.15) is 30.0 Å². The Morgan fingerprint density at radius 3 is 2.31 bits per heavy atom. The lowest BCUT2D eigenvalue weighted by atomic mass is 10.0. The fourth-order valence-corrected chi connectivity index (χ4v) is 1.97. The van der Waals surface area contributed by atoms with E-state index < -0.39 is 0 Å². The highest BCUT2D eigenvalue weighted by Gasteiger charge is 2.07. The summed E-state index contributed by atoms with van der Waals surface area (Å²) in [6, 6.07) is 6.45. The van der Waals surface area contributed by atoms with E-state index >= 15 is 0 Å². The molecule has 0 unspecified atom stereocenters. The highest BCUT2D eigenvalue weighted by atomic mass is 16.3. The summed E-state index contributed by atoms with van der Waals surface area (Å²) >= 11 is 0. The molecule has 0 aliphatic rings. The van der Waals surface area contributed by atoms with Crippen LogP contribution in [0.5, 0.6) is 0 Å². The molecule has 0 saturated heterocycles. The molecule has 0 bridgehead atoms. The number of aliphatic hydroxyl groups excluding tert-OH is 1. The summed E-state index contributed by atoms with van der Waals surface area (Å²) in [7, 11) is 0. The lowest BCUT2D eigenvalue weighted by Crippen LogP contribution is -2.25. The first-order chi connectivity index (χ1) is 7.69. The average Bonchev–Trinajstić information content (AvgIpc) is 2.28. The number of hydrogen-bond donors (Lipinski definition) is 1. The van der Waals surface area contributed by atoms with Crippen LogP contribution in [-0.4, -0.2) is 29.7 Å². The van der Waals surface area contributed by atoms with Gasteiger partial charge in [0.15, 0.2) is 0 Å². The van der Waals surface area contributed by atoms with E-state index in [0.717, 1.165) is 26.1 Å².